The lowest BCUT2D eigenvalue weighted by Crippen LogP contribution is -2.47. The van der Waals surface area contributed by atoms with Crippen LogP contribution in [-0.4, -0.2) is 28.6 Å². The van der Waals surface area contributed by atoms with Gasteiger partial charge >= 0.3 is 0 Å². The molecule has 0 aliphatic carbocycles. The Morgan fingerprint density at radius 1 is 1.33 bits per heavy atom. The quantitative estimate of drug-likeness (QED) is 0.687. The summed E-state index contributed by atoms with van der Waals surface area (Å²) in [6, 6.07) is 1.47. The smallest absolute Gasteiger partial charge is 0.248 e. The van der Waals surface area contributed by atoms with E-state index in [1.54, 1.807) is 0 Å². The van der Waals surface area contributed by atoms with Gasteiger partial charge in [-0.05, 0) is 18.8 Å². The molecule has 2 amide bonds. The lowest BCUT2D eigenvalue weighted by molar-refractivity contribution is -0.127. The van der Waals surface area contributed by atoms with Gasteiger partial charge in [-0.3, -0.25) is 9.59 Å². The molecule has 1 unspecified atom stereocenters. The summed E-state index contributed by atoms with van der Waals surface area (Å²) in [5.74, 6) is 0.153. The highest BCUT2D eigenvalue weighted by Gasteiger charge is 2.25. The zero-order valence-electron chi connectivity index (χ0n) is 14.7. The van der Waals surface area contributed by atoms with Crippen molar-refractivity contribution in [1.29, 1.82) is 5.26 Å². The molecule has 2 N–H and O–H groups in total. The molecule has 0 spiro atoms. The van der Waals surface area contributed by atoms with Crippen molar-refractivity contribution in [3.8, 4) is 6.07 Å². The van der Waals surface area contributed by atoms with Crippen molar-refractivity contribution in [1.82, 2.24) is 10.3 Å². The van der Waals surface area contributed by atoms with Gasteiger partial charge in [-0.1, -0.05) is 50.8 Å². The molecule has 1 rings (SSSR count). The summed E-state index contributed by atoms with van der Waals surface area (Å²) >= 11 is 2.74. The predicted octanol–water partition coefficient (Wildman–Crippen LogP) is 3.19. The maximum atomic E-state index is 12.5. The molecule has 132 valence electrons. The number of nitrogens with one attached hydrogen (secondary N) is 2. The first-order valence-electron chi connectivity index (χ1n) is 7.82. The van der Waals surface area contributed by atoms with Crippen LogP contribution in [-0.2, 0) is 9.59 Å². The highest BCUT2D eigenvalue weighted by Crippen LogP contribution is 2.31. The van der Waals surface area contributed by atoms with Crippen LogP contribution in [0.25, 0.3) is 0 Å². The Balaban J connectivity index is 2.75. The average molecular weight is 369 g/mol. The van der Waals surface area contributed by atoms with Crippen LogP contribution in [0.1, 0.15) is 39.8 Å². The number of thioether (sulfide) groups is 1. The van der Waals surface area contributed by atoms with E-state index in [0.717, 1.165) is 9.90 Å². The molecule has 0 bridgehead atoms. The molecule has 6 nitrogen and oxygen atoms in total. The van der Waals surface area contributed by atoms with Gasteiger partial charge in [-0.2, -0.15) is 5.26 Å². The highest BCUT2D eigenvalue weighted by molar-refractivity contribution is 8.01. The summed E-state index contributed by atoms with van der Waals surface area (Å²) in [5.41, 5.74) is 0.792. The third-order valence-electron chi connectivity index (χ3n) is 3.11. The van der Waals surface area contributed by atoms with E-state index in [9.17, 15) is 9.59 Å². The molecule has 8 heteroatoms. The number of carbonyl (C=O) groups is 2. The van der Waals surface area contributed by atoms with Crippen LogP contribution in [0.2, 0.25) is 0 Å². The summed E-state index contributed by atoms with van der Waals surface area (Å²) in [6.07, 6.45) is 0.391. The predicted molar refractivity (Wildman–Crippen MR) is 98.0 cm³/mol. The second-order valence-electron chi connectivity index (χ2n) is 6.22. The number of hydrogen-bond acceptors (Lipinski definition) is 6. The largest absolute Gasteiger partial charge is 0.344 e. The van der Waals surface area contributed by atoms with E-state index in [2.05, 4.69) is 21.7 Å². The van der Waals surface area contributed by atoms with Crippen molar-refractivity contribution >= 4 is 40.0 Å². The molecule has 0 aromatic carbocycles. The minimum atomic E-state index is -0.601. The Kier molecular flexibility index (Phi) is 8.22. The number of aromatic nitrogens is 1. The van der Waals surface area contributed by atoms with Crippen molar-refractivity contribution in [2.75, 3.05) is 11.1 Å². The fraction of sp³-hybridized carbons (Fsp3) is 0.625. The first kappa shape index (κ1) is 20.5. The Morgan fingerprint density at radius 2 is 2.00 bits per heavy atom. The molecule has 24 heavy (non-hydrogen) atoms. The van der Waals surface area contributed by atoms with E-state index in [-0.39, 0.29) is 23.7 Å². The van der Waals surface area contributed by atoms with Crippen molar-refractivity contribution in [3.05, 3.63) is 5.69 Å². The number of rotatable bonds is 8. The van der Waals surface area contributed by atoms with Crippen molar-refractivity contribution < 1.29 is 9.59 Å². The standard InChI is InChI=1S/C16H24N4O2S2/c1-9(2)8-12(21)19-13(10(3)4)14(22)20-16-18-11(5)15(24-16)23-7-6-17/h9-10,13H,7-8H2,1-5H3,(H,19,21)(H,18,20,22). The number of thiazole rings is 1. The minimum absolute atomic E-state index is 0.0328. The fourth-order valence-electron chi connectivity index (χ4n) is 1.99. The SMILES string of the molecule is Cc1nc(NC(=O)C(NC(=O)CC(C)C)C(C)C)sc1SCC#N. The molecule has 0 radical (unpaired) electrons. The van der Waals surface area contributed by atoms with E-state index in [0.29, 0.717) is 17.3 Å². The lowest BCUT2D eigenvalue weighted by atomic mass is 10.0. The number of anilines is 1. The molecular formula is C16H24N4O2S2. The van der Waals surface area contributed by atoms with Gasteiger partial charge in [-0.15, -0.1) is 0 Å². The van der Waals surface area contributed by atoms with Gasteiger partial charge in [-0.25, -0.2) is 4.98 Å². The number of amides is 2. The molecule has 0 saturated carbocycles. The first-order chi connectivity index (χ1) is 11.2. The Labute approximate surface area is 151 Å². The number of aryl methyl sites for hydroxylation is 1. The maximum absolute atomic E-state index is 12.5. The van der Waals surface area contributed by atoms with E-state index in [1.807, 2.05) is 34.6 Å². The molecular weight excluding hydrogens is 344 g/mol. The van der Waals surface area contributed by atoms with Crippen LogP contribution in [0.4, 0.5) is 5.13 Å². The van der Waals surface area contributed by atoms with Crippen LogP contribution in [0.5, 0.6) is 0 Å². The molecule has 1 aromatic heterocycles. The van der Waals surface area contributed by atoms with Crippen molar-refractivity contribution in [2.45, 2.75) is 51.3 Å². The molecule has 0 fully saturated rings. The molecule has 0 aliphatic heterocycles. The maximum Gasteiger partial charge on any atom is 0.248 e. The van der Waals surface area contributed by atoms with Crippen LogP contribution in [0, 0.1) is 30.1 Å². The van der Waals surface area contributed by atoms with Gasteiger partial charge < -0.3 is 10.6 Å². The molecule has 1 heterocycles. The number of hydrogen-bond donors (Lipinski definition) is 2. The van der Waals surface area contributed by atoms with Gasteiger partial charge in [0.25, 0.3) is 0 Å². The molecule has 1 atom stereocenters. The Bertz CT molecular complexity index is 620. The van der Waals surface area contributed by atoms with Gasteiger partial charge in [0.1, 0.15) is 6.04 Å². The Morgan fingerprint density at radius 3 is 2.54 bits per heavy atom. The summed E-state index contributed by atoms with van der Waals surface area (Å²) in [5, 5.41) is 14.7. The lowest BCUT2D eigenvalue weighted by Gasteiger charge is -2.21. The van der Waals surface area contributed by atoms with Gasteiger partial charge in [0, 0.05) is 6.42 Å². The van der Waals surface area contributed by atoms with Gasteiger partial charge in [0.15, 0.2) is 5.13 Å². The highest BCUT2D eigenvalue weighted by atomic mass is 32.2. The number of nitriles is 1. The number of nitrogens with zero attached hydrogens (tertiary/aromatic N) is 2. The first-order valence-corrected chi connectivity index (χ1v) is 9.62. The fourth-order valence-corrected chi connectivity index (χ4v) is 3.79. The zero-order chi connectivity index (χ0) is 18.3. The van der Waals surface area contributed by atoms with Crippen molar-refractivity contribution in [3.63, 3.8) is 0 Å². The van der Waals surface area contributed by atoms with E-state index in [1.165, 1.54) is 23.1 Å². The molecule has 0 saturated heterocycles. The second-order valence-corrected chi connectivity index (χ2v) is 8.46. The normalized spacial score (nSPS) is 12.1. The zero-order valence-corrected chi connectivity index (χ0v) is 16.3. The molecule has 0 aliphatic rings. The third kappa shape index (κ3) is 6.49. The van der Waals surface area contributed by atoms with Crippen LogP contribution < -0.4 is 10.6 Å². The molecule has 1 aromatic rings. The Hall–Kier alpha value is -1.59. The summed E-state index contributed by atoms with van der Waals surface area (Å²) < 4.78 is 0.914. The summed E-state index contributed by atoms with van der Waals surface area (Å²) in [4.78, 5) is 28.8. The summed E-state index contributed by atoms with van der Waals surface area (Å²) in [6.45, 7) is 9.55. The van der Waals surface area contributed by atoms with Crippen LogP contribution in [0.15, 0.2) is 4.21 Å². The topological polar surface area (TPSA) is 94.9 Å². The van der Waals surface area contributed by atoms with Gasteiger partial charge in [0.2, 0.25) is 11.8 Å². The van der Waals surface area contributed by atoms with E-state index >= 15 is 0 Å². The monoisotopic (exact) mass is 368 g/mol. The van der Waals surface area contributed by atoms with E-state index < -0.39 is 6.04 Å². The van der Waals surface area contributed by atoms with E-state index in [4.69, 9.17) is 5.26 Å². The van der Waals surface area contributed by atoms with Crippen LogP contribution >= 0.6 is 23.1 Å². The van der Waals surface area contributed by atoms with Crippen LogP contribution in [0.3, 0.4) is 0 Å². The van der Waals surface area contributed by atoms with Gasteiger partial charge in [0.05, 0.1) is 21.7 Å². The second kappa shape index (κ2) is 9.64. The third-order valence-corrected chi connectivity index (χ3v) is 5.41. The minimum Gasteiger partial charge on any atom is -0.344 e. The number of carbonyl (C=O) groups excluding carboxylic acids is 2. The summed E-state index contributed by atoms with van der Waals surface area (Å²) in [7, 11) is 0. The van der Waals surface area contributed by atoms with Crippen molar-refractivity contribution in [2.24, 2.45) is 11.8 Å². The average Bonchev–Trinajstić information content (AvgIpc) is 2.81.